The van der Waals surface area contributed by atoms with E-state index in [4.69, 9.17) is 0 Å². The smallest absolute Gasteiger partial charge is 0.338 e. The minimum absolute atomic E-state index is 0.121. The average Bonchev–Trinajstić information content (AvgIpc) is 2.74. The van der Waals surface area contributed by atoms with Gasteiger partial charge < -0.3 is 20.1 Å². The van der Waals surface area contributed by atoms with E-state index in [-0.39, 0.29) is 17.2 Å². The second-order valence-electron chi connectivity index (χ2n) is 4.66. The molecule has 0 spiro atoms. The number of phenols is 1. The molecule has 20 heavy (non-hydrogen) atoms. The van der Waals surface area contributed by atoms with Crippen LogP contribution in [0.1, 0.15) is 27.1 Å². The van der Waals surface area contributed by atoms with Crippen molar-refractivity contribution in [2.24, 2.45) is 0 Å². The van der Waals surface area contributed by atoms with Gasteiger partial charge in [-0.05, 0) is 31.2 Å². The summed E-state index contributed by atoms with van der Waals surface area (Å²) in [5.41, 5.74) is 0.469. The Labute approximate surface area is 117 Å². The summed E-state index contributed by atoms with van der Waals surface area (Å²) in [7, 11) is 1.26. The zero-order valence-electron chi connectivity index (χ0n) is 11.4. The molecule has 2 N–H and O–H groups in total. The highest BCUT2D eigenvalue weighted by molar-refractivity contribution is 5.98. The molecule has 2 rings (SSSR count). The second kappa shape index (κ2) is 6.38. The van der Waals surface area contributed by atoms with Crippen LogP contribution >= 0.6 is 0 Å². The van der Waals surface area contributed by atoms with Gasteiger partial charge in [0.2, 0.25) is 0 Å². The van der Waals surface area contributed by atoms with Crippen LogP contribution in [0.15, 0.2) is 18.2 Å². The Hall–Kier alpha value is -2.08. The fourth-order valence-electron chi connectivity index (χ4n) is 2.20. The Morgan fingerprint density at radius 1 is 1.20 bits per heavy atom. The molecular weight excluding hydrogens is 260 g/mol. The molecule has 0 aliphatic carbocycles. The monoisotopic (exact) mass is 278 g/mol. The fraction of sp³-hybridized carbons (Fsp3) is 0.429. The van der Waals surface area contributed by atoms with Gasteiger partial charge in [0.1, 0.15) is 5.75 Å². The van der Waals surface area contributed by atoms with Gasteiger partial charge in [-0.25, -0.2) is 4.79 Å². The van der Waals surface area contributed by atoms with Crippen molar-refractivity contribution in [1.29, 1.82) is 0 Å². The standard InChI is InChI=1S/C14H18N2O4/c1-20-14(19)11-7-10(8-12(17)9-11)13(18)16-5-2-3-15-4-6-16/h7-9,15,17H,2-6H2,1H3. The number of phenolic OH excluding ortho intramolecular Hbond substituents is 1. The molecule has 0 aromatic heterocycles. The van der Waals surface area contributed by atoms with Crippen molar-refractivity contribution in [2.75, 3.05) is 33.3 Å². The number of rotatable bonds is 2. The molecular formula is C14H18N2O4. The van der Waals surface area contributed by atoms with Gasteiger partial charge in [0.15, 0.2) is 0 Å². The average molecular weight is 278 g/mol. The zero-order valence-corrected chi connectivity index (χ0v) is 11.4. The molecule has 6 heteroatoms. The Bertz CT molecular complexity index is 508. The maximum atomic E-state index is 12.4. The second-order valence-corrected chi connectivity index (χ2v) is 4.66. The summed E-state index contributed by atoms with van der Waals surface area (Å²) < 4.78 is 4.61. The van der Waals surface area contributed by atoms with Crippen LogP contribution in [0.25, 0.3) is 0 Å². The third kappa shape index (κ3) is 3.27. The summed E-state index contributed by atoms with van der Waals surface area (Å²) in [4.78, 5) is 25.6. The van der Waals surface area contributed by atoms with Gasteiger partial charge in [-0.2, -0.15) is 0 Å². The van der Waals surface area contributed by atoms with Crippen LogP contribution in [0.4, 0.5) is 0 Å². The normalized spacial score (nSPS) is 15.6. The molecule has 0 radical (unpaired) electrons. The van der Waals surface area contributed by atoms with Crippen LogP contribution in [0.2, 0.25) is 0 Å². The number of carbonyl (C=O) groups excluding carboxylic acids is 2. The summed E-state index contributed by atoms with van der Waals surface area (Å²) in [5, 5.41) is 12.9. The Morgan fingerprint density at radius 2 is 1.95 bits per heavy atom. The van der Waals surface area contributed by atoms with E-state index in [2.05, 4.69) is 10.1 Å². The van der Waals surface area contributed by atoms with Crippen LogP contribution in [0, 0.1) is 0 Å². The topological polar surface area (TPSA) is 78.9 Å². The van der Waals surface area contributed by atoms with Crippen molar-refractivity contribution in [3.63, 3.8) is 0 Å². The van der Waals surface area contributed by atoms with Gasteiger partial charge in [0.25, 0.3) is 5.91 Å². The van der Waals surface area contributed by atoms with E-state index in [0.717, 1.165) is 19.5 Å². The number of benzene rings is 1. The fourth-order valence-corrected chi connectivity index (χ4v) is 2.20. The van der Waals surface area contributed by atoms with Crippen molar-refractivity contribution in [3.05, 3.63) is 29.3 Å². The SMILES string of the molecule is COC(=O)c1cc(O)cc(C(=O)N2CCCNCC2)c1. The lowest BCUT2D eigenvalue weighted by Gasteiger charge is -2.20. The van der Waals surface area contributed by atoms with Gasteiger partial charge >= 0.3 is 5.97 Å². The van der Waals surface area contributed by atoms with E-state index in [1.807, 2.05) is 0 Å². The third-order valence-electron chi connectivity index (χ3n) is 3.21. The molecule has 1 saturated heterocycles. The predicted octanol–water partition coefficient (Wildman–Crippen LogP) is 0.614. The molecule has 1 heterocycles. The number of aromatic hydroxyl groups is 1. The molecule has 0 saturated carbocycles. The van der Waals surface area contributed by atoms with Gasteiger partial charge in [-0.15, -0.1) is 0 Å². The summed E-state index contributed by atoms with van der Waals surface area (Å²) >= 11 is 0. The lowest BCUT2D eigenvalue weighted by molar-refractivity contribution is 0.0600. The lowest BCUT2D eigenvalue weighted by atomic mass is 10.1. The summed E-state index contributed by atoms with van der Waals surface area (Å²) in [5.74, 6) is -0.883. The maximum Gasteiger partial charge on any atom is 0.338 e. The first-order valence-corrected chi connectivity index (χ1v) is 6.54. The molecule has 1 amide bonds. The highest BCUT2D eigenvalue weighted by atomic mass is 16.5. The van der Waals surface area contributed by atoms with Gasteiger partial charge in [0.05, 0.1) is 12.7 Å². The van der Waals surface area contributed by atoms with Gasteiger partial charge in [-0.1, -0.05) is 0 Å². The quantitative estimate of drug-likeness (QED) is 0.775. The summed E-state index contributed by atoms with van der Waals surface area (Å²) in [6.07, 6.45) is 0.883. The van der Waals surface area contributed by atoms with Crippen LogP contribution in [0.5, 0.6) is 5.75 Å². The molecule has 0 bridgehead atoms. The Morgan fingerprint density at radius 3 is 2.70 bits per heavy atom. The number of ether oxygens (including phenoxy) is 1. The van der Waals surface area contributed by atoms with Crippen molar-refractivity contribution < 1.29 is 19.4 Å². The molecule has 1 aliphatic heterocycles. The summed E-state index contributed by atoms with van der Waals surface area (Å²) in [6, 6.07) is 4.10. The molecule has 0 unspecified atom stereocenters. The largest absolute Gasteiger partial charge is 0.508 e. The van der Waals surface area contributed by atoms with Crippen molar-refractivity contribution in [1.82, 2.24) is 10.2 Å². The molecule has 1 aromatic carbocycles. The number of hydrogen-bond donors (Lipinski definition) is 2. The molecule has 108 valence electrons. The number of esters is 1. The van der Waals surface area contributed by atoms with Crippen LogP contribution in [-0.2, 0) is 4.74 Å². The lowest BCUT2D eigenvalue weighted by Crippen LogP contribution is -2.34. The van der Waals surface area contributed by atoms with Gasteiger partial charge in [-0.3, -0.25) is 4.79 Å². The highest BCUT2D eigenvalue weighted by Gasteiger charge is 2.19. The van der Waals surface area contributed by atoms with Crippen LogP contribution in [-0.4, -0.2) is 55.2 Å². The van der Waals surface area contributed by atoms with Gasteiger partial charge in [0, 0.05) is 25.2 Å². The van der Waals surface area contributed by atoms with E-state index < -0.39 is 5.97 Å². The van der Waals surface area contributed by atoms with Crippen molar-refractivity contribution in [2.45, 2.75) is 6.42 Å². The third-order valence-corrected chi connectivity index (χ3v) is 3.21. The highest BCUT2D eigenvalue weighted by Crippen LogP contribution is 2.18. The molecule has 1 fully saturated rings. The number of amides is 1. The first-order valence-electron chi connectivity index (χ1n) is 6.54. The minimum atomic E-state index is -0.576. The van der Waals surface area contributed by atoms with E-state index >= 15 is 0 Å². The minimum Gasteiger partial charge on any atom is -0.508 e. The number of methoxy groups -OCH3 is 1. The molecule has 6 nitrogen and oxygen atoms in total. The Kier molecular flexibility index (Phi) is 4.57. The number of nitrogens with one attached hydrogen (secondary N) is 1. The maximum absolute atomic E-state index is 12.4. The number of nitrogens with zero attached hydrogens (tertiary/aromatic N) is 1. The first kappa shape index (κ1) is 14.3. The number of carbonyl (C=O) groups is 2. The van der Waals surface area contributed by atoms with E-state index in [0.29, 0.717) is 18.7 Å². The van der Waals surface area contributed by atoms with Crippen LogP contribution in [0.3, 0.4) is 0 Å². The molecule has 1 aliphatic rings. The number of hydrogen-bond acceptors (Lipinski definition) is 5. The first-order chi connectivity index (χ1) is 9.61. The van der Waals surface area contributed by atoms with Crippen molar-refractivity contribution >= 4 is 11.9 Å². The van der Waals surface area contributed by atoms with E-state index in [1.54, 1.807) is 4.90 Å². The van der Waals surface area contributed by atoms with E-state index in [9.17, 15) is 14.7 Å². The van der Waals surface area contributed by atoms with E-state index in [1.165, 1.54) is 25.3 Å². The summed E-state index contributed by atoms with van der Waals surface area (Å²) in [6.45, 7) is 2.91. The van der Waals surface area contributed by atoms with Crippen molar-refractivity contribution in [3.8, 4) is 5.75 Å². The molecule has 0 atom stereocenters. The molecule has 1 aromatic rings. The Balaban J connectivity index is 2.24. The zero-order chi connectivity index (χ0) is 14.5. The predicted molar refractivity (Wildman–Crippen MR) is 72.8 cm³/mol. The van der Waals surface area contributed by atoms with Crippen LogP contribution < -0.4 is 5.32 Å².